The van der Waals surface area contributed by atoms with Crippen molar-refractivity contribution >= 4 is 34.4 Å². The number of amides is 1. The highest BCUT2D eigenvalue weighted by Gasteiger charge is 2.20. The minimum atomic E-state index is -0.925. The molecule has 1 amide bonds. The van der Waals surface area contributed by atoms with Gasteiger partial charge in [0, 0.05) is 30.8 Å². The fourth-order valence-electron chi connectivity index (χ4n) is 4.95. The van der Waals surface area contributed by atoms with Crippen molar-refractivity contribution < 1.29 is 14.7 Å². The quantitative estimate of drug-likeness (QED) is 0.258. The highest BCUT2D eigenvalue weighted by atomic mass is 32.2. The molecular formula is C30H32N4O3S. The van der Waals surface area contributed by atoms with Crippen molar-refractivity contribution in [3.8, 4) is 0 Å². The van der Waals surface area contributed by atoms with Crippen LogP contribution in [0.1, 0.15) is 40.0 Å². The molecule has 0 saturated carbocycles. The minimum absolute atomic E-state index is 0.0839. The van der Waals surface area contributed by atoms with E-state index < -0.39 is 5.97 Å². The Labute approximate surface area is 226 Å². The number of benzene rings is 3. The van der Waals surface area contributed by atoms with Crippen molar-refractivity contribution in [1.29, 1.82) is 0 Å². The van der Waals surface area contributed by atoms with Crippen LogP contribution in [0.15, 0.2) is 78.1 Å². The Kier molecular flexibility index (Phi) is 8.41. The lowest BCUT2D eigenvalue weighted by atomic mass is 9.97. The van der Waals surface area contributed by atoms with E-state index in [1.54, 1.807) is 12.1 Å². The van der Waals surface area contributed by atoms with Gasteiger partial charge in [-0.2, -0.15) is 0 Å². The van der Waals surface area contributed by atoms with Crippen molar-refractivity contribution in [3.63, 3.8) is 0 Å². The third-order valence-electron chi connectivity index (χ3n) is 7.01. The second-order valence-electron chi connectivity index (χ2n) is 9.60. The van der Waals surface area contributed by atoms with Gasteiger partial charge in [0.1, 0.15) is 0 Å². The number of nitrogens with zero attached hydrogens (tertiary/aromatic N) is 2. The number of aromatic carboxylic acids is 1. The molecule has 8 heteroatoms. The van der Waals surface area contributed by atoms with Gasteiger partial charge >= 0.3 is 5.97 Å². The van der Waals surface area contributed by atoms with E-state index in [1.807, 2.05) is 18.2 Å². The van der Waals surface area contributed by atoms with E-state index in [2.05, 4.69) is 57.8 Å². The number of carbonyl (C=O) groups excluding carboxylic acids is 1. The number of piperidine rings is 1. The van der Waals surface area contributed by atoms with Crippen LogP contribution < -0.4 is 10.6 Å². The zero-order valence-corrected chi connectivity index (χ0v) is 22.0. The fraction of sp³-hybridized carbons (Fsp3) is 0.300. The van der Waals surface area contributed by atoms with E-state index in [-0.39, 0.29) is 11.8 Å². The van der Waals surface area contributed by atoms with Crippen molar-refractivity contribution in [2.45, 2.75) is 36.7 Å². The lowest BCUT2D eigenvalue weighted by Crippen LogP contribution is -2.38. The van der Waals surface area contributed by atoms with E-state index >= 15 is 0 Å². The molecule has 7 nitrogen and oxygen atoms in total. The lowest BCUT2D eigenvalue weighted by molar-refractivity contribution is -0.125. The Morgan fingerprint density at radius 3 is 2.58 bits per heavy atom. The summed E-state index contributed by atoms with van der Waals surface area (Å²) in [5.41, 5.74) is 3.18. The predicted molar refractivity (Wildman–Crippen MR) is 151 cm³/mol. The molecule has 0 atom stereocenters. The van der Waals surface area contributed by atoms with E-state index in [0.717, 1.165) is 42.3 Å². The summed E-state index contributed by atoms with van der Waals surface area (Å²) in [5.74, 6) is -0.214. The maximum atomic E-state index is 12.6. The molecule has 3 aromatic carbocycles. The van der Waals surface area contributed by atoms with E-state index in [1.165, 1.54) is 28.1 Å². The smallest absolute Gasteiger partial charge is 0.335 e. The zero-order valence-electron chi connectivity index (χ0n) is 21.2. The molecule has 0 aliphatic carbocycles. The number of hydrogen-bond acceptors (Lipinski definition) is 5. The van der Waals surface area contributed by atoms with Gasteiger partial charge in [-0.3, -0.25) is 4.79 Å². The number of carboxylic acid groups (broad SMARTS) is 1. The van der Waals surface area contributed by atoms with Crippen LogP contribution in [0.25, 0.3) is 10.8 Å². The van der Waals surface area contributed by atoms with Crippen LogP contribution in [-0.2, 0) is 23.5 Å². The SMILES string of the molecule is O=C(O)c1ccccc1CSc1nc(CCNC(=O)C2CCNCC2)cn1Cc1cccc2ccccc12. The molecule has 0 unspecified atom stereocenters. The number of rotatable bonds is 10. The normalized spacial score (nSPS) is 14.0. The summed E-state index contributed by atoms with van der Waals surface area (Å²) in [5, 5.41) is 19.2. The Morgan fingerprint density at radius 1 is 1.00 bits per heavy atom. The summed E-state index contributed by atoms with van der Waals surface area (Å²) in [6.45, 7) is 2.98. The fourth-order valence-corrected chi connectivity index (χ4v) is 5.95. The Balaban J connectivity index is 1.34. The van der Waals surface area contributed by atoms with Gasteiger partial charge in [0.15, 0.2) is 5.16 Å². The second kappa shape index (κ2) is 12.3. The summed E-state index contributed by atoms with van der Waals surface area (Å²) in [6, 6.07) is 21.8. The number of carbonyl (C=O) groups is 2. The van der Waals surface area contributed by atoms with Gasteiger partial charge in [-0.1, -0.05) is 72.4 Å². The van der Waals surface area contributed by atoms with Crippen LogP contribution in [0.4, 0.5) is 0 Å². The minimum Gasteiger partial charge on any atom is -0.478 e. The average molecular weight is 529 g/mol. The number of fused-ring (bicyclic) bond motifs is 1. The monoisotopic (exact) mass is 528 g/mol. The molecule has 4 aromatic rings. The van der Waals surface area contributed by atoms with Crippen molar-refractivity contribution in [2.75, 3.05) is 19.6 Å². The van der Waals surface area contributed by atoms with Crippen molar-refractivity contribution in [1.82, 2.24) is 20.2 Å². The molecule has 2 heterocycles. The molecule has 1 aromatic heterocycles. The third-order valence-corrected chi connectivity index (χ3v) is 8.04. The molecule has 0 radical (unpaired) electrons. The van der Waals surface area contributed by atoms with E-state index in [4.69, 9.17) is 4.98 Å². The number of imidazole rings is 1. The molecular weight excluding hydrogens is 496 g/mol. The summed E-state index contributed by atoms with van der Waals surface area (Å²) in [4.78, 5) is 29.1. The predicted octanol–water partition coefficient (Wildman–Crippen LogP) is 4.73. The first kappa shape index (κ1) is 26.0. The van der Waals surface area contributed by atoms with Crippen LogP contribution in [0.3, 0.4) is 0 Å². The maximum Gasteiger partial charge on any atom is 0.335 e. The van der Waals surface area contributed by atoms with Gasteiger partial charge in [0.25, 0.3) is 0 Å². The van der Waals surface area contributed by atoms with Crippen molar-refractivity contribution in [2.24, 2.45) is 5.92 Å². The summed E-state index contributed by atoms with van der Waals surface area (Å²) >= 11 is 1.53. The standard InChI is InChI=1S/C30H32N4O3S/c35-28(22-12-15-31-16-13-22)32-17-14-25-19-34(18-23-9-5-8-21-6-1-3-10-26(21)23)30(33-25)38-20-24-7-2-4-11-27(24)29(36)37/h1-11,19,22,31H,12-18,20H2,(H,32,35)(H,36,37). The third kappa shape index (κ3) is 6.26. The lowest BCUT2D eigenvalue weighted by Gasteiger charge is -2.21. The van der Waals surface area contributed by atoms with Crippen LogP contribution >= 0.6 is 11.8 Å². The number of nitrogens with one attached hydrogen (secondary N) is 2. The zero-order chi connectivity index (χ0) is 26.3. The highest BCUT2D eigenvalue weighted by Crippen LogP contribution is 2.27. The first-order chi connectivity index (χ1) is 18.6. The van der Waals surface area contributed by atoms with Crippen LogP contribution in [-0.4, -0.2) is 46.2 Å². The van der Waals surface area contributed by atoms with Gasteiger partial charge < -0.3 is 20.3 Å². The Bertz CT molecular complexity index is 1420. The Morgan fingerprint density at radius 2 is 1.74 bits per heavy atom. The van der Waals surface area contributed by atoms with E-state index in [9.17, 15) is 14.7 Å². The highest BCUT2D eigenvalue weighted by molar-refractivity contribution is 7.98. The summed E-state index contributed by atoms with van der Waals surface area (Å²) < 4.78 is 2.14. The number of carboxylic acids is 1. The average Bonchev–Trinajstić information content (AvgIpc) is 3.33. The maximum absolute atomic E-state index is 12.6. The molecule has 1 fully saturated rings. The molecule has 1 aliphatic heterocycles. The van der Waals surface area contributed by atoms with E-state index in [0.29, 0.717) is 30.8 Å². The molecule has 5 rings (SSSR count). The molecule has 196 valence electrons. The first-order valence-electron chi connectivity index (χ1n) is 13.0. The van der Waals surface area contributed by atoms with Gasteiger partial charge in [0.05, 0.1) is 17.8 Å². The molecule has 3 N–H and O–H groups in total. The largest absolute Gasteiger partial charge is 0.478 e. The summed E-state index contributed by atoms with van der Waals surface area (Å²) in [7, 11) is 0. The summed E-state index contributed by atoms with van der Waals surface area (Å²) in [6.07, 6.45) is 4.45. The topological polar surface area (TPSA) is 96.2 Å². The van der Waals surface area contributed by atoms with Gasteiger partial charge in [-0.15, -0.1) is 0 Å². The van der Waals surface area contributed by atoms with Gasteiger partial charge in [-0.05, 0) is 53.9 Å². The molecule has 38 heavy (non-hydrogen) atoms. The van der Waals surface area contributed by atoms with Crippen LogP contribution in [0.2, 0.25) is 0 Å². The molecule has 1 saturated heterocycles. The van der Waals surface area contributed by atoms with Gasteiger partial charge in [0.2, 0.25) is 5.91 Å². The van der Waals surface area contributed by atoms with Gasteiger partial charge in [-0.25, -0.2) is 9.78 Å². The number of aromatic nitrogens is 2. The first-order valence-corrected chi connectivity index (χ1v) is 14.0. The molecule has 1 aliphatic rings. The second-order valence-corrected chi connectivity index (χ2v) is 10.5. The molecule has 0 spiro atoms. The van der Waals surface area contributed by atoms with Crippen LogP contribution in [0.5, 0.6) is 0 Å². The molecule has 0 bridgehead atoms. The number of thioether (sulfide) groups is 1. The number of hydrogen-bond donors (Lipinski definition) is 3. The Hall–Kier alpha value is -3.62. The van der Waals surface area contributed by atoms with Crippen LogP contribution in [0, 0.1) is 5.92 Å². The van der Waals surface area contributed by atoms with Crippen molar-refractivity contribution in [3.05, 3.63) is 95.3 Å².